The molecule has 0 aliphatic rings. The van der Waals surface area contributed by atoms with Gasteiger partial charge in [0.1, 0.15) is 0 Å². The second-order valence-electron chi connectivity index (χ2n) is 3.90. The van der Waals surface area contributed by atoms with Gasteiger partial charge >= 0.3 is 0 Å². The molecule has 0 atom stereocenters. The van der Waals surface area contributed by atoms with Gasteiger partial charge in [0, 0.05) is 17.6 Å². The molecule has 0 amide bonds. The number of anilines is 2. The van der Waals surface area contributed by atoms with Gasteiger partial charge in [0.25, 0.3) is 0 Å². The number of halogens is 2. The summed E-state index contributed by atoms with van der Waals surface area (Å²) < 4.78 is 14.6. The molecule has 19 heavy (non-hydrogen) atoms. The highest BCUT2D eigenvalue weighted by molar-refractivity contribution is 9.10. The molecule has 2 aromatic rings. The van der Waals surface area contributed by atoms with Crippen molar-refractivity contribution >= 4 is 27.7 Å². The molecule has 1 aromatic carbocycles. The minimum Gasteiger partial charge on any atom is -0.363 e. The number of benzene rings is 1. The summed E-state index contributed by atoms with van der Waals surface area (Å²) in [6.45, 7) is 3.12. The molecular formula is C13H14BrFN4. The number of nitrogens with one attached hydrogen (secondary N) is 2. The summed E-state index contributed by atoms with van der Waals surface area (Å²) in [4.78, 5) is 7.93. The van der Waals surface area contributed by atoms with Crippen LogP contribution in [-0.4, -0.2) is 16.5 Å². The highest BCUT2D eigenvalue weighted by Crippen LogP contribution is 2.15. The predicted molar refractivity (Wildman–Crippen MR) is 77.6 cm³/mol. The normalized spacial score (nSPS) is 10.3. The molecule has 1 aromatic heterocycles. The van der Waals surface area contributed by atoms with Crippen molar-refractivity contribution < 1.29 is 4.39 Å². The molecule has 0 aliphatic carbocycles. The van der Waals surface area contributed by atoms with Gasteiger partial charge in [-0.05, 0) is 24.6 Å². The second-order valence-corrected chi connectivity index (χ2v) is 4.82. The van der Waals surface area contributed by atoms with Crippen molar-refractivity contribution in [2.24, 2.45) is 0 Å². The summed E-state index contributed by atoms with van der Waals surface area (Å²) in [7, 11) is 0. The number of rotatable bonds is 5. The Labute approximate surface area is 119 Å². The van der Waals surface area contributed by atoms with Crippen molar-refractivity contribution in [1.82, 2.24) is 9.97 Å². The van der Waals surface area contributed by atoms with Crippen LogP contribution in [0.5, 0.6) is 0 Å². The molecule has 100 valence electrons. The smallest absolute Gasteiger partial charge is 0.224 e. The molecule has 0 aliphatic heterocycles. The standard InChI is InChI=1S/C13H14BrFN4/c1-2-16-13-18-8-11(15)12(19-13)17-7-9-4-3-5-10(14)6-9/h3-6,8H,2,7H2,1H3,(H2,16,17,18,19). The van der Waals surface area contributed by atoms with Gasteiger partial charge in [-0.3, -0.25) is 0 Å². The van der Waals surface area contributed by atoms with Gasteiger partial charge in [-0.2, -0.15) is 4.98 Å². The van der Waals surface area contributed by atoms with Crippen LogP contribution in [0.1, 0.15) is 12.5 Å². The van der Waals surface area contributed by atoms with E-state index in [2.05, 4.69) is 36.5 Å². The van der Waals surface area contributed by atoms with Crippen LogP contribution in [0.4, 0.5) is 16.2 Å². The first-order valence-corrected chi connectivity index (χ1v) is 6.73. The van der Waals surface area contributed by atoms with E-state index in [0.29, 0.717) is 19.0 Å². The van der Waals surface area contributed by atoms with E-state index >= 15 is 0 Å². The Bertz CT molecular complexity index is 562. The molecule has 2 rings (SSSR count). The first-order chi connectivity index (χ1) is 9.19. The summed E-state index contributed by atoms with van der Waals surface area (Å²) in [6.07, 6.45) is 1.16. The molecule has 0 spiro atoms. The Morgan fingerprint density at radius 3 is 2.89 bits per heavy atom. The SMILES string of the molecule is CCNc1ncc(F)c(NCc2cccc(Br)c2)n1. The average Bonchev–Trinajstić information content (AvgIpc) is 2.40. The first-order valence-electron chi connectivity index (χ1n) is 5.93. The van der Waals surface area contributed by atoms with Gasteiger partial charge in [0.15, 0.2) is 11.6 Å². The zero-order chi connectivity index (χ0) is 13.7. The number of aromatic nitrogens is 2. The van der Waals surface area contributed by atoms with E-state index in [1.165, 1.54) is 0 Å². The van der Waals surface area contributed by atoms with Crippen LogP contribution in [0.2, 0.25) is 0 Å². The lowest BCUT2D eigenvalue weighted by Gasteiger charge is -2.08. The Morgan fingerprint density at radius 2 is 2.16 bits per heavy atom. The van der Waals surface area contributed by atoms with Gasteiger partial charge in [-0.15, -0.1) is 0 Å². The van der Waals surface area contributed by atoms with Crippen LogP contribution in [0, 0.1) is 5.82 Å². The van der Waals surface area contributed by atoms with E-state index in [9.17, 15) is 4.39 Å². The highest BCUT2D eigenvalue weighted by Gasteiger charge is 2.06. The molecule has 6 heteroatoms. The maximum atomic E-state index is 13.6. The lowest BCUT2D eigenvalue weighted by atomic mass is 10.2. The number of hydrogen-bond donors (Lipinski definition) is 2. The largest absolute Gasteiger partial charge is 0.363 e. The molecule has 1 heterocycles. The number of hydrogen-bond acceptors (Lipinski definition) is 4. The zero-order valence-corrected chi connectivity index (χ0v) is 12.0. The maximum Gasteiger partial charge on any atom is 0.224 e. The summed E-state index contributed by atoms with van der Waals surface area (Å²) in [6, 6.07) is 7.80. The highest BCUT2D eigenvalue weighted by atomic mass is 79.9. The Balaban J connectivity index is 2.08. The minimum absolute atomic E-state index is 0.200. The Kier molecular flexibility index (Phi) is 4.68. The summed E-state index contributed by atoms with van der Waals surface area (Å²) in [5.41, 5.74) is 1.04. The lowest BCUT2D eigenvalue weighted by molar-refractivity contribution is 0.617. The molecule has 0 radical (unpaired) electrons. The Morgan fingerprint density at radius 1 is 1.32 bits per heavy atom. The van der Waals surface area contributed by atoms with Crippen molar-refractivity contribution in [3.63, 3.8) is 0 Å². The fourth-order valence-electron chi connectivity index (χ4n) is 1.57. The van der Waals surface area contributed by atoms with Crippen molar-refractivity contribution in [2.45, 2.75) is 13.5 Å². The summed E-state index contributed by atoms with van der Waals surface area (Å²) in [5, 5.41) is 5.91. The Hall–Kier alpha value is -1.69. The lowest BCUT2D eigenvalue weighted by Crippen LogP contribution is -2.08. The van der Waals surface area contributed by atoms with E-state index in [-0.39, 0.29) is 5.82 Å². The van der Waals surface area contributed by atoms with Gasteiger partial charge < -0.3 is 10.6 Å². The van der Waals surface area contributed by atoms with Crippen LogP contribution in [-0.2, 0) is 6.54 Å². The molecule has 0 saturated heterocycles. The van der Waals surface area contributed by atoms with Crippen LogP contribution in [0.15, 0.2) is 34.9 Å². The second kappa shape index (κ2) is 6.47. The average molecular weight is 325 g/mol. The summed E-state index contributed by atoms with van der Waals surface area (Å²) >= 11 is 3.40. The third kappa shape index (κ3) is 3.89. The van der Waals surface area contributed by atoms with Crippen molar-refractivity contribution in [3.05, 3.63) is 46.3 Å². The van der Waals surface area contributed by atoms with Crippen LogP contribution >= 0.6 is 15.9 Å². The van der Waals surface area contributed by atoms with Gasteiger partial charge in [-0.25, -0.2) is 9.37 Å². The molecule has 4 nitrogen and oxygen atoms in total. The van der Waals surface area contributed by atoms with E-state index < -0.39 is 5.82 Å². The third-order valence-electron chi connectivity index (χ3n) is 2.43. The third-order valence-corrected chi connectivity index (χ3v) is 2.92. The van der Waals surface area contributed by atoms with Gasteiger partial charge in [0.2, 0.25) is 5.95 Å². The quantitative estimate of drug-likeness (QED) is 0.884. The fourth-order valence-corrected chi connectivity index (χ4v) is 2.01. The van der Waals surface area contributed by atoms with Crippen molar-refractivity contribution in [3.8, 4) is 0 Å². The summed E-state index contributed by atoms with van der Waals surface area (Å²) in [5.74, 6) is 0.156. The molecule has 0 fully saturated rings. The van der Waals surface area contributed by atoms with Crippen LogP contribution in [0.3, 0.4) is 0 Å². The van der Waals surface area contributed by atoms with Gasteiger partial charge in [-0.1, -0.05) is 28.1 Å². The van der Waals surface area contributed by atoms with Crippen LogP contribution in [0.25, 0.3) is 0 Å². The molecule has 0 bridgehead atoms. The monoisotopic (exact) mass is 324 g/mol. The number of nitrogens with zero attached hydrogens (tertiary/aromatic N) is 2. The molecule has 2 N–H and O–H groups in total. The molecule has 0 saturated carbocycles. The molecule has 0 unspecified atom stereocenters. The van der Waals surface area contributed by atoms with Crippen molar-refractivity contribution in [1.29, 1.82) is 0 Å². The topological polar surface area (TPSA) is 49.8 Å². The minimum atomic E-state index is -0.461. The zero-order valence-electron chi connectivity index (χ0n) is 10.5. The first kappa shape index (κ1) is 13.7. The predicted octanol–water partition coefficient (Wildman–Crippen LogP) is 3.42. The maximum absolute atomic E-state index is 13.6. The van der Waals surface area contributed by atoms with Gasteiger partial charge in [0.05, 0.1) is 6.20 Å². The van der Waals surface area contributed by atoms with E-state index in [1.54, 1.807) is 0 Å². The van der Waals surface area contributed by atoms with Crippen molar-refractivity contribution in [2.75, 3.05) is 17.2 Å². The molecular weight excluding hydrogens is 311 g/mol. The van der Waals surface area contributed by atoms with E-state index in [1.807, 2.05) is 31.2 Å². The van der Waals surface area contributed by atoms with Crippen LogP contribution < -0.4 is 10.6 Å². The fraction of sp³-hybridized carbons (Fsp3) is 0.231. The van der Waals surface area contributed by atoms with E-state index in [4.69, 9.17) is 0 Å². The van der Waals surface area contributed by atoms with E-state index in [0.717, 1.165) is 16.2 Å².